The van der Waals surface area contributed by atoms with Gasteiger partial charge in [-0.3, -0.25) is 5.10 Å². The van der Waals surface area contributed by atoms with Crippen molar-refractivity contribution in [2.75, 3.05) is 12.3 Å². The van der Waals surface area contributed by atoms with Crippen molar-refractivity contribution < 1.29 is 5.11 Å². The van der Waals surface area contributed by atoms with Gasteiger partial charge in [0.1, 0.15) is 29.2 Å². The second-order valence-corrected chi connectivity index (χ2v) is 5.98. The lowest BCUT2D eigenvalue weighted by Gasteiger charge is -2.01. The molecular formula is C18H14ClN7O. The molecule has 134 valence electrons. The summed E-state index contributed by atoms with van der Waals surface area (Å²) in [5.74, 6) is 0.104. The van der Waals surface area contributed by atoms with E-state index in [2.05, 4.69) is 21.4 Å². The number of nitriles is 2. The van der Waals surface area contributed by atoms with Crippen LogP contribution in [0.15, 0.2) is 30.5 Å². The molecule has 0 saturated carbocycles. The van der Waals surface area contributed by atoms with Gasteiger partial charge in [0.15, 0.2) is 0 Å². The molecule has 0 radical (unpaired) electrons. The molecule has 0 atom stereocenters. The number of hydrogen-bond donors (Lipinski definition) is 3. The number of nitrogen functional groups attached to an aromatic ring is 1. The molecule has 2 aromatic heterocycles. The second-order valence-electron chi connectivity index (χ2n) is 5.54. The summed E-state index contributed by atoms with van der Waals surface area (Å²) in [6.45, 7) is -0.0643. The fraction of sp³-hybridized carbons (Fsp3) is 0.111. The Balaban J connectivity index is 2.09. The molecule has 8 nitrogen and oxygen atoms in total. The first-order valence-corrected chi connectivity index (χ1v) is 8.25. The number of H-pyrrole nitrogens is 1. The first-order valence-electron chi connectivity index (χ1n) is 7.87. The lowest BCUT2D eigenvalue weighted by Crippen LogP contribution is -2.07. The first kappa shape index (κ1) is 18.2. The molecule has 0 aliphatic rings. The minimum absolute atomic E-state index is 0.0905. The average molecular weight is 380 g/mol. The largest absolute Gasteiger partial charge is 0.394 e. The van der Waals surface area contributed by atoms with E-state index in [0.29, 0.717) is 16.3 Å². The zero-order valence-electron chi connectivity index (χ0n) is 14.0. The number of nitrogens with zero attached hydrogens (tertiary/aromatic N) is 5. The van der Waals surface area contributed by atoms with E-state index in [9.17, 15) is 10.5 Å². The Bertz CT molecular complexity index is 1080. The van der Waals surface area contributed by atoms with E-state index in [0.717, 1.165) is 5.56 Å². The van der Waals surface area contributed by atoms with Crippen molar-refractivity contribution in [3.05, 3.63) is 52.3 Å². The summed E-state index contributed by atoms with van der Waals surface area (Å²) in [5, 5.41) is 39.9. The van der Waals surface area contributed by atoms with Gasteiger partial charge in [0.05, 0.1) is 30.6 Å². The Hall–Kier alpha value is -3.59. The average Bonchev–Trinajstić information content (AvgIpc) is 3.25. The predicted molar refractivity (Wildman–Crippen MR) is 101 cm³/mol. The van der Waals surface area contributed by atoms with Gasteiger partial charge in [-0.15, -0.1) is 0 Å². The molecule has 27 heavy (non-hydrogen) atoms. The quantitative estimate of drug-likeness (QED) is 0.581. The molecule has 9 heteroatoms. The first-order chi connectivity index (χ1) is 13.1. The number of nitrogens with one attached hydrogen (secondary N) is 1. The van der Waals surface area contributed by atoms with Gasteiger partial charge in [-0.1, -0.05) is 23.7 Å². The van der Waals surface area contributed by atoms with Crippen LogP contribution in [0.4, 0.5) is 5.82 Å². The van der Waals surface area contributed by atoms with Gasteiger partial charge in [-0.2, -0.15) is 20.7 Å². The molecule has 0 aliphatic carbocycles. The molecule has 2 heterocycles. The van der Waals surface area contributed by atoms with Gasteiger partial charge in [0, 0.05) is 16.1 Å². The maximum absolute atomic E-state index is 9.61. The van der Waals surface area contributed by atoms with Crippen LogP contribution in [0.25, 0.3) is 22.9 Å². The van der Waals surface area contributed by atoms with Crippen LogP contribution in [-0.2, 0) is 6.54 Å². The third-order valence-electron chi connectivity index (χ3n) is 3.89. The zero-order chi connectivity index (χ0) is 19.4. The number of aliphatic hydroxyl groups is 1. The molecule has 0 spiro atoms. The molecule has 0 saturated heterocycles. The van der Waals surface area contributed by atoms with Crippen LogP contribution < -0.4 is 5.73 Å². The van der Waals surface area contributed by atoms with Crippen molar-refractivity contribution >= 4 is 29.1 Å². The maximum Gasteiger partial charge on any atom is 0.140 e. The highest BCUT2D eigenvalue weighted by atomic mass is 35.5. The summed E-state index contributed by atoms with van der Waals surface area (Å²) in [6, 6.07) is 11.2. The third kappa shape index (κ3) is 3.53. The molecule has 3 aromatic rings. The van der Waals surface area contributed by atoms with Gasteiger partial charge >= 0.3 is 0 Å². The van der Waals surface area contributed by atoms with E-state index in [1.165, 1.54) is 4.68 Å². The summed E-state index contributed by atoms with van der Waals surface area (Å²) in [7, 11) is 0. The van der Waals surface area contributed by atoms with Crippen molar-refractivity contribution in [3.63, 3.8) is 0 Å². The highest BCUT2D eigenvalue weighted by Gasteiger charge is 2.19. The Morgan fingerprint density at radius 3 is 2.70 bits per heavy atom. The highest BCUT2D eigenvalue weighted by Crippen LogP contribution is 2.28. The number of aromatic nitrogens is 4. The lowest BCUT2D eigenvalue weighted by molar-refractivity contribution is 0.270. The number of rotatable bonds is 5. The molecule has 0 amide bonds. The summed E-state index contributed by atoms with van der Waals surface area (Å²) in [5.41, 5.74) is 8.49. The number of hydrogen-bond acceptors (Lipinski definition) is 6. The summed E-state index contributed by atoms with van der Waals surface area (Å²) in [6.07, 6.45) is 3.15. The highest BCUT2D eigenvalue weighted by molar-refractivity contribution is 6.30. The van der Waals surface area contributed by atoms with Crippen LogP contribution in [0.2, 0.25) is 5.02 Å². The van der Waals surface area contributed by atoms with Crippen LogP contribution in [0, 0.1) is 22.7 Å². The number of aliphatic hydroxyl groups excluding tert-OH is 1. The smallest absolute Gasteiger partial charge is 0.140 e. The monoisotopic (exact) mass is 379 g/mol. The maximum atomic E-state index is 9.61. The van der Waals surface area contributed by atoms with E-state index in [-0.39, 0.29) is 35.8 Å². The van der Waals surface area contributed by atoms with Crippen LogP contribution in [0.1, 0.15) is 16.8 Å². The molecular weight excluding hydrogens is 366 g/mol. The van der Waals surface area contributed by atoms with Gasteiger partial charge in [0.25, 0.3) is 0 Å². The van der Waals surface area contributed by atoms with Crippen molar-refractivity contribution in [2.45, 2.75) is 6.54 Å². The number of halogens is 1. The van der Waals surface area contributed by atoms with E-state index in [4.69, 9.17) is 22.4 Å². The van der Waals surface area contributed by atoms with Crippen molar-refractivity contribution in [1.29, 1.82) is 10.5 Å². The Morgan fingerprint density at radius 1 is 1.33 bits per heavy atom. The van der Waals surface area contributed by atoms with Crippen LogP contribution in [0.3, 0.4) is 0 Å². The SMILES string of the molecule is N#CC(=Cc1cn[nH]c1-c1ccc(Cl)cc1)c1nn(CCO)c(N)c1C#N. The fourth-order valence-electron chi connectivity index (χ4n) is 2.60. The zero-order valence-corrected chi connectivity index (χ0v) is 14.8. The third-order valence-corrected chi connectivity index (χ3v) is 4.14. The number of nitrogens with two attached hydrogens (primary N) is 1. The van der Waals surface area contributed by atoms with Gasteiger partial charge in [0.2, 0.25) is 0 Å². The summed E-state index contributed by atoms with van der Waals surface area (Å²) in [4.78, 5) is 0. The second kappa shape index (κ2) is 7.75. The lowest BCUT2D eigenvalue weighted by atomic mass is 10.0. The molecule has 1 aromatic carbocycles. The fourth-order valence-corrected chi connectivity index (χ4v) is 2.73. The van der Waals surface area contributed by atoms with Crippen molar-refractivity contribution in [3.8, 4) is 23.4 Å². The van der Waals surface area contributed by atoms with Crippen molar-refractivity contribution in [1.82, 2.24) is 20.0 Å². The summed E-state index contributed by atoms with van der Waals surface area (Å²) < 4.78 is 1.30. The molecule has 0 fully saturated rings. The predicted octanol–water partition coefficient (Wildman–Crippen LogP) is 2.44. The van der Waals surface area contributed by atoms with E-state index in [1.807, 2.05) is 18.2 Å². The van der Waals surface area contributed by atoms with E-state index < -0.39 is 0 Å². The van der Waals surface area contributed by atoms with E-state index >= 15 is 0 Å². The van der Waals surface area contributed by atoms with Gasteiger partial charge in [-0.25, -0.2) is 4.68 Å². The number of anilines is 1. The Labute approximate surface area is 159 Å². The molecule has 4 N–H and O–H groups in total. The molecule has 0 aliphatic heterocycles. The van der Waals surface area contributed by atoms with Gasteiger partial charge in [-0.05, 0) is 18.2 Å². The topological polar surface area (TPSA) is 140 Å². The number of benzene rings is 1. The van der Waals surface area contributed by atoms with Crippen LogP contribution in [-0.4, -0.2) is 31.7 Å². The summed E-state index contributed by atoms with van der Waals surface area (Å²) >= 11 is 5.92. The standard InChI is InChI=1S/C18H14ClN7O/c19-14-3-1-11(2-4-14)16-13(10-23-24-16)7-12(8-20)17-15(9-21)18(22)26(25-17)5-6-27/h1-4,7,10,27H,5-6,22H2,(H,23,24). The van der Waals surface area contributed by atoms with Crippen molar-refractivity contribution in [2.24, 2.45) is 0 Å². The Kier molecular flexibility index (Phi) is 5.23. The normalized spacial score (nSPS) is 11.2. The molecule has 0 bridgehead atoms. The Morgan fingerprint density at radius 2 is 2.07 bits per heavy atom. The van der Waals surface area contributed by atoms with Gasteiger partial charge < -0.3 is 10.8 Å². The van der Waals surface area contributed by atoms with Crippen LogP contribution in [0.5, 0.6) is 0 Å². The van der Waals surface area contributed by atoms with E-state index in [1.54, 1.807) is 24.4 Å². The number of aromatic amines is 1. The molecule has 3 rings (SSSR count). The molecule has 0 unspecified atom stereocenters. The minimum atomic E-state index is -0.190. The minimum Gasteiger partial charge on any atom is -0.394 e. The number of allylic oxidation sites excluding steroid dienone is 1. The van der Waals surface area contributed by atoms with Crippen LogP contribution >= 0.6 is 11.6 Å².